The van der Waals surface area contributed by atoms with Crippen molar-refractivity contribution >= 4 is 5.91 Å². The van der Waals surface area contributed by atoms with Crippen LogP contribution in [0.15, 0.2) is 89.5 Å². The number of nitrogens with one attached hydrogen (secondary N) is 1. The van der Waals surface area contributed by atoms with E-state index in [1.807, 2.05) is 66.7 Å². The van der Waals surface area contributed by atoms with Crippen LogP contribution in [0, 0.1) is 0 Å². The Labute approximate surface area is 191 Å². The maximum absolute atomic E-state index is 12.4. The molecule has 168 valence electrons. The van der Waals surface area contributed by atoms with E-state index in [0.29, 0.717) is 30.4 Å². The highest BCUT2D eigenvalue weighted by Crippen LogP contribution is 2.26. The number of nitrogens with zero attached hydrogens (tertiary/aromatic N) is 1. The summed E-state index contributed by atoms with van der Waals surface area (Å²) >= 11 is 0. The molecule has 7 nitrogen and oxygen atoms in total. The van der Waals surface area contributed by atoms with Gasteiger partial charge in [-0.1, -0.05) is 30.3 Å². The largest absolute Gasteiger partial charge is 0.493 e. The van der Waals surface area contributed by atoms with Gasteiger partial charge in [0.1, 0.15) is 24.7 Å². The number of hydrogen-bond acceptors (Lipinski definition) is 6. The summed E-state index contributed by atoms with van der Waals surface area (Å²) in [5.41, 5.74) is 1.81. The zero-order chi connectivity index (χ0) is 22.9. The summed E-state index contributed by atoms with van der Waals surface area (Å²) in [6.45, 7) is 0.958. The second kappa shape index (κ2) is 10.9. The van der Waals surface area contributed by atoms with Crippen LogP contribution >= 0.6 is 0 Å². The fraction of sp³-hybridized carbons (Fsp3) is 0.154. The number of pyridine rings is 1. The molecule has 0 saturated heterocycles. The average Bonchev–Trinajstić information content (AvgIpc) is 3.35. The Morgan fingerprint density at radius 1 is 0.879 bits per heavy atom. The van der Waals surface area contributed by atoms with Crippen LogP contribution in [0.4, 0.5) is 0 Å². The quantitative estimate of drug-likeness (QED) is 0.379. The SMILES string of the molecule is COc1ccccc1OCc1ccc(C(=O)NCc2ccc(OCc3ccccn3)cc2)o1. The van der Waals surface area contributed by atoms with E-state index >= 15 is 0 Å². The van der Waals surface area contributed by atoms with Crippen LogP contribution in [0.5, 0.6) is 17.2 Å². The second-order valence-corrected chi connectivity index (χ2v) is 7.14. The predicted octanol–water partition coefficient (Wildman–Crippen LogP) is 4.77. The van der Waals surface area contributed by atoms with Gasteiger partial charge in [-0.25, -0.2) is 0 Å². The number of rotatable bonds is 10. The zero-order valence-electron chi connectivity index (χ0n) is 18.2. The Bertz CT molecular complexity index is 1170. The third kappa shape index (κ3) is 6.13. The molecule has 2 heterocycles. The maximum atomic E-state index is 12.4. The fourth-order valence-corrected chi connectivity index (χ4v) is 3.08. The summed E-state index contributed by atoms with van der Waals surface area (Å²) in [6.07, 6.45) is 1.74. The van der Waals surface area contributed by atoms with Crippen molar-refractivity contribution in [2.24, 2.45) is 0 Å². The van der Waals surface area contributed by atoms with E-state index in [1.165, 1.54) is 0 Å². The smallest absolute Gasteiger partial charge is 0.287 e. The maximum Gasteiger partial charge on any atom is 0.287 e. The molecule has 0 aliphatic rings. The lowest BCUT2D eigenvalue weighted by atomic mass is 10.2. The van der Waals surface area contributed by atoms with Crippen LogP contribution in [-0.2, 0) is 19.8 Å². The van der Waals surface area contributed by atoms with Gasteiger partial charge in [0.05, 0.1) is 12.8 Å². The van der Waals surface area contributed by atoms with Crippen molar-refractivity contribution in [2.75, 3.05) is 7.11 Å². The van der Waals surface area contributed by atoms with E-state index in [2.05, 4.69) is 10.3 Å². The Balaban J connectivity index is 1.24. The molecule has 0 fully saturated rings. The average molecular weight is 444 g/mol. The lowest BCUT2D eigenvalue weighted by molar-refractivity contribution is 0.0919. The number of ether oxygens (including phenoxy) is 3. The molecule has 0 spiro atoms. The molecule has 4 aromatic rings. The van der Waals surface area contributed by atoms with E-state index in [9.17, 15) is 4.79 Å². The number of furan rings is 1. The summed E-state index contributed by atoms with van der Waals surface area (Å²) in [7, 11) is 1.58. The molecule has 7 heteroatoms. The van der Waals surface area contributed by atoms with Crippen molar-refractivity contribution in [3.8, 4) is 17.2 Å². The summed E-state index contributed by atoms with van der Waals surface area (Å²) in [5, 5.41) is 2.85. The molecule has 2 aromatic heterocycles. The van der Waals surface area contributed by atoms with Crippen molar-refractivity contribution in [1.29, 1.82) is 0 Å². The second-order valence-electron chi connectivity index (χ2n) is 7.14. The molecule has 0 aliphatic carbocycles. The number of carbonyl (C=O) groups is 1. The first-order valence-corrected chi connectivity index (χ1v) is 10.5. The summed E-state index contributed by atoms with van der Waals surface area (Å²) in [4.78, 5) is 16.7. The first kappa shape index (κ1) is 22.0. The van der Waals surface area contributed by atoms with Gasteiger partial charge in [0, 0.05) is 12.7 Å². The molecule has 1 N–H and O–H groups in total. The molecule has 1 amide bonds. The van der Waals surface area contributed by atoms with E-state index in [0.717, 1.165) is 17.0 Å². The van der Waals surface area contributed by atoms with Gasteiger partial charge in [0.15, 0.2) is 17.3 Å². The molecule has 0 atom stereocenters. The molecule has 0 radical (unpaired) electrons. The highest BCUT2D eigenvalue weighted by Gasteiger charge is 2.12. The lowest BCUT2D eigenvalue weighted by Gasteiger charge is -2.09. The van der Waals surface area contributed by atoms with Crippen molar-refractivity contribution < 1.29 is 23.4 Å². The number of aromatic nitrogens is 1. The molecule has 4 rings (SSSR count). The van der Waals surface area contributed by atoms with Crippen LogP contribution in [0.1, 0.15) is 27.6 Å². The van der Waals surface area contributed by atoms with Crippen LogP contribution < -0.4 is 19.5 Å². The fourth-order valence-electron chi connectivity index (χ4n) is 3.08. The van der Waals surface area contributed by atoms with Gasteiger partial charge >= 0.3 is 0 Å². The Morgan fingerprint density at radius 2 is 1.67 bits per heavy atom. The Morgan fingerprint density at radius 3 is 2.42 bits per heavy atom. The zero-order valence-corrected chi connectivity index (χ0v) is 18.2. The Hall–Kier alpha value is -4.26. The van der Waals surface area contributed by atoms with Gasteiger partial charge in [0.25, 0.3) is 5.91 Å². The minimum absolute atomic E-state index is 0.188. The Kier molecular flexibility index (Phi) is 7.22. The molecular formula is C26H24N2O5. The van der Waals surface area contributed by atoms with Crippen LogP contribution in [-0.4, -0.2) is 18.0 Å². The molecule has 0 unspecified atom stereocenters. The third-order valence-electron chi connectivity index (χ3n) is 4.81. The summed E-state index contributed by atoms with van der Waals surface area (Å²) in [5.74, 6) is 2.45. The van der Waals surface area contributed by atoms with Crippen LogP contribution in [0.25, 0.3) is 0 Å². The number of hydrogen-bond donors (Lipinski definition) is 1. The summed E-state index contributed by atoms with van der Waals surface area (Å²) in [6, 6.07) is 23.9. The first-order chi connectivity index (χ1) is 16.2. The van der Waals surface area contributed by atoms with E-state index < -0.39 is 0 Å². The molecule has 0 saturated carbocycles. The molecule has 0 bridgehead atoms. The highest BCUT2D eigenvalue weighted by molar-refractivity contribution is 5.91. The third-order valence-corrected chi connectivity index (χ3v) is 4.81. The minimum Gasteiger partial charge on any atom is -0.493 e. The van der Waals surface area contributed by atoms with Gasteiger partial charge in [-0.15, -0.1) is 0 Å². The van der Waals surface area contributed by atoms with Crippen molar-refractivity contribution in [3.05, 3.63) is 108 Å². The molecule has 33 heavy (non-hydrogen) atoms. The van der Waals surface area contributed by atoms with Gasteiger partial charge in [-0.05, 0) is 54.1 Å². The molecule has 2 aromatic carbocycles. The van der Waals surface area contributed by atoms with Crippen LogP contribution in [0.2, 0.25) is 0 Å². The topological polar surface area (TPSA) is 82.8 Å². The summed E-state index contributed by atoms with van der Waals surface area (Å²) < 4.78 is 22.3. The van der Waals surface area contributed by atoms with E-state index in [4.69, 9.17) is 18.6 Å². The normalized spacial score (nSPS) is 10.5. The van der Waals surface area contributed by atoms with Crippen molar-refractivity contribution in [2.45, 2.75) is 19.8 Å². The predicted molar refractivity (Wildman–Crippen MR) is 122 cm³/mol. The minimum atomic E-state index is -0.297. The monoisotopic (exact) mass is 444 g/mol. The number of para-hydroxylation sites is 2. The molecular weight excluding hydrogens is 420 g/mol. The first-order valence-electron chi connectivity index (χ1n) is 10.5. The number of carbonyl (C=O) groups excluding carboxylic acids is 1. The highest BCUT2D eigenvalue weighted by atomic mass is 16.5. The van der Waals surface area contributed by atoms with E-state index in [-0.39, 0.29) is 18.3 Å². The van der Waals surface area contributed by atoms with Gasteiger partial charge in [0.2, 0.25) is 0 Å². The van der Waals surface area contributed by atoms with Gasteiger partial charge in [-0.2, -0.15) is 0 Å². The number of benzene rings is 2. The van der Waals surface area contributed by atoms with E-state index in [1.54, 1.807) is 25.4 Å². The standard InChI is InChI=1S/C26H24N2O5/c1-30-23-7-2-3-8-24(23)32-18-22-13-14-25(33-22)26(29)28-16-19-9-11-21(12-10-19)31-17-20-6-4-5-15-27-20/h2-15H,16-18H2,1H3,(H,28,29). The number of amides is 1. The lowest BCUT2D eigenvalue weighted by Crippen LogP contribution is -2.22. The van der Waals surface area contributed by atoms with Gasteiger partial charge in [-0.3, -0.25) is 9.78 Å². The van der Waals surface area contributed by atoms with Crippen molar-refractivity contribution in [1.82, 2.24) is 10.3 Å². The number of methoxy groups -OCH3 is 1. The van der Waals surface area contributed by atoms with Crippen molar-refractivity contribution in [3.63, 3.8) is 0 Å². The van der Waals surface area contributed by atoms with Gasteiger partial charge < -0.3 is 23.9 Å². The molecule has 0 aliphatic heterocycles. The van der Waals surface area contributed by atoms with Crippen LogP contribution in [0.3, 0.4) is 0 Å².